The van der Waals surface area contributed by atoms with Gasteiger partial charge in [-0.15, -0.1) is 0 Å². The molecule has 0 fully saturated rings. The number of carbonyl (C=O) groups excluding carboxylic acids is 2. The van der Waals surface area contributed by atoms with Crippen molar-refractivity contribution >= 4 is 33.4 Å². The van der Waals surface area contributed by atoms with Gasteiger partial charge < -0.3 is 13.8 Å². The number of hydrogen-bond acceptors (Lipinski definition) is 6. The van der Waals surface area contributed by atoms with Crippen molar-refractivity contribution in [3.05, 3.63) is 46.1 Å². The number of aryl methyl sites for hydroxylation is 2. The third kappa shape index (κ3) is 3.00. The highest BCUT2D eigenvalue weighted by atomic mass is 32.1. The van der Waals surface area contributed by atoms with Crippen LogP contribution < -0.4 is 4.80 Å². The summed E-state index contributed by atoms with van der Waals surface area (Å²) in [6.45, 7) is 3.97. The standard InChI is InChI=1S/C16H15N3O4S/c1-9-6-11-13(7-10(9)2)24-16(19(11)8-14(20)22-3)18-15(21)12-4-5-17-23-12/h4-7H,8H2,1-3H3. The van der Waals surface area contributed by atoms with Crippen LogP contribution in [0.5, 0.6) is 0 Å². The minimum Gasteiger partial charge on any atom is -0.468 e. The first-order chi connectivity index (χ1) is 11.5. The molecular formula is C16H15N3O4S. The molecule has 0 unspecified atom stereocenters. The van der Waals surface area contributed by atoms with Crippen LogP contribution in [0.15, 0.2) is 33.9 Å². The summed E-state index contributed by atoms with van der Waals surface area (Å²) >= 11 is 1.33. The van der Waals surface area contributed by atoms with Crippen LogP contribution in [0.4, 0.5) is 0 Å². The quantitative estimate of drug-likeness (QED) is 0.679. The van der Waals surface area contributed by atoms with Crippen LogP contribution in [-0.4, -0.2) is 28.7 Å². The molecular weight excluding hydrogens is 330 g/mol. The van der Waals surface area contributed by atoms with E-state index >= 15 is 0 Å². The van der Waals surface area contributed by atoms with Gasteiger partial charge >= 0.3 is 11.9 Å². The fourth-order valence-corrected chi connectivity index (χ4v) is 3.33. The number of benzene rings is 1. The molecule has 0 aliphatic carbocycles. The van der Waals surface area contributed by atoms with E-state index in [2.05, 4.69) is 10.1 Å². The summed E-state index contributed by atoms with van der Waals surface area (Å²) in [6.07, 6.45) is 1.38. The number of fused-ring (bicyclic) bond motifs is 1. The summed E-state index contributed by atoms with van der Waals surface area (Å²) < 4.78 is 12.2. The van der Waals surface area contributed by atoms with Crippen LogP contribution in [0.3, 0.4) is 0 Å². The molecule has 24 heavy (non-hydrogen) atoms. The molecule has 8 heteroatoms. The fourth-order valence-electron chi connectivity index (χ4n) is 2.22. The van der Waals surface area contributed by atoms with Gasteiger partial charge in [-0.2, -0.15) is 4.99 Å². The second kappa shape index (κ2) is 6.40. The maximum absolute atomic E-state index is 12.2. The summed E-state index contributed by atoms with van der Waals surface area (Å²) in [6, 6.07) is 5.43. The molecule has 2 aromatic heterocycles. The number of hydrogen-bond donors (Lipinski definition) is 0. The van der Waals surface area contributed by atoms with Gasteiger partial charge in [-0.25, -0.2) is 0 Å². The molecule has 2 heterocycles. The molecule has 0 saturated carbocycles. The molecule has 124 valence electrons. The van der Waals surface area contributed by atoms with E-state index in [9.17, 15) is 9.59 Å². The number of nitrogens with zero attached hydrogens (tertiary/aromatic N) is 3. The average molecular weight is 345 g/mol. The Morgan fingerprint density at radius 3 is 2.75 bits per heavy atom. The molecule has 1 aromatic carbocycles. The zero-order valence-corrected chi connectivity index (χ0v) is 14.2. The first-order valence-corrected chi connectivity index (χ1v) is 7.98. The third-order valence-electron chi connectivity index (χ3n) is 3.66. The SMILES string of the molecule is COC(=O)Cn1c(=NC(=O)c2ccno2)sc2cc(C)c(C)cc21. The fraction of sp³-hybridized carbons (Fsp3) is 0.250. The Labute approximate surface area is 141 Å². The van der Waals surface area contributed by atoms with Crippen molar-refractivity contribution < 1.29 is 18.8 Å². The lowest BCUT2D eigenvalue weighted by Gasteiger charge is -2.05. The minimum atomic E-state index is -0.550. The van der Waals surface area contributed by atoms with Gasteiger partial charge in [0.15, 0.2) is 4.80 Å². The van der Waals surface area contributed by atoms with E-state index in [0.717, 1.165) is 21.3 Å². The monoisotopic (exact) mass is 345 g/mol. The molecule has 0 aliphatic rings. The van der Waals surface area contributed by atoms with E-state index in [4.69, 9.17) is 9.26 Å². The summed E-state index contributed by atoms with van der Waals surface area (Å²) in [7, 11) is 1.32. The summed E-state index contributed by atoms with van der Waals surface area (Å²) in [5, 5.41) is 3.50. The molecule has 7 nitrogen and oxygen atoms in total. The molecule has 1 amide bonds. The van der Waals surface area contributed by atoms with Gasteiger partial charge in [-0.3, -0.25) is 9.59 Å². The van der Waals surface area contributed by atoms with Gasteiger partial charge in [0, 0.05) is 6.07 Å². The number of esters is 1. The highest BCUT2D eigenvalue weighted by Gasteiger charge is 2.14. The zero-order chi connectivity index (χ0) is 17.3. The van der Waals surface area contributed by atoms with E-state index in [1.807, 2.05) is 26.0 Å². The second-order valence-corrected chi connectivity index (χ2v) is 6.25. The highest BCUT2D eigenvalue weighted by molar-refractivity contribution is 7.16. The van der Waals surface area contributed by atoms with E-state index in [-0.39, 0.29) is 12.3 Å². The number of ether oxygens (including phenoxy) is 1. The Bertz CT molecular complexity index is 983. The van der Waals surface area contributed by atoms with E-state index in [1.54, 1.807) is 4.57 Å². The van der Waals surface area contributed by atoms with Crippen molar-refractivity contribution in [1.82, 2.24) is 9.72 Å². The normalized spacial score (nSPS) is 11.9. The number of carbonyl (C=O) groups is 2. The second-order valence-electron chi connectivity index (χ2n) is 5.24. The lowest BCUT2D eigenvalue weighted by atomic mass is 10.1. The Balaban J connectivity index is 2.20. The molecule has 0 spiro atoms. The van der Waals surface area contributed by atoms with Gasteiger partial charge in [0.2, 0.25) is 5.76 Å². The van der Waals surface area contributed by atoms with E-state index < -0.39 is 11.9 Å². The van der Waals surface area contributed by atoms with Crippen LogP contribution in [0, 0.1) is 13.8 Å². The number of amides is 1. The molecule has 3 aromatic rings. The van der Waals surface area contributed by atoms with Crippen LogP contribution in [0.1, 0.15) is 21.7 Å². The predicted octanol–water partition coefficient (Wildman–Crippen LogP) is 2.22. The average Bonchev–Trinajstić information content (AvgIpc) is 3.18. The van der Waals surface area contributed by atoms with Gasteiger partial charge in [-0.05, 0) is 37.1 Å². The Hall–Kier alpha value is -2.74. The van der Waals surface area contributed by atoms with Crippen LogP contribution in [0.2, 0.25) is 0 Å². The summed E-state index contributed by atoms with van der Waals surface area (Å²) in [4.78, 5) is 28.4. The molecule has 0 aliphatic heterocycles. The summed E-state index contributed by atoms with van der Waals surface area (Å²) in [5.74, 6) is -0.919. The maximum Gasteiger partial charge on any atom is 0.325 e. The van der Waals surface area contributed by atoms with Crippen molar-refractivity contribution in [1.29, 1.82) is 0 Å². The van der Waals surface area contributed by atoms with Crippen LogP contribution in [0.25, 0.3) is 10.2 Å². The van der Waals surface area contributed by atoms with Gasteiger partial charge in [0.25, 0.3) is 0 Å². The molecule has 0 saturated heterocycles. The van der Waals surface area contributed by atoms with Crippen molar-refractivity contribution in [3.8, 4) is 0 Å². The molecule has 0 bridgehead atoms. The van der Waals surface area contributed by atoms with Crippen molar-refractivity contribution in [2.45, 2.75) is 20.4 Å². The number of methoxy groups -OCH3 is 1. The van der Waals surface area contributed by atoms with Gasteiger partial charge in [-0.1, -0.05) is 16.5 Å². The minimum absolute atomic E-state index is 0.0263. The lowest BCUT2D eigenvalue weighted by molar-refractivity contribution is -0.141. The number of aromatic nitrogens is 2. The smallest absolute Gasteiger partial charge is 0.325 e. The number of thiazole rings is 1. The van der Waals surface area contributed by atoms with Crippen LogP contribution in [-0.2, 0) is 16.1 Å². The predicted molar refractivity (Wildman–Crippen MR) is 87.7 cm³/mol. The molecule has 3 rings (SSSR count). The maximum atomic E-state index is 12.2. The van der Waals surface area contributed by atoms with Crippen molar-refractivity contribution in [2.24, 2.45) is 4.99 Å². The Morgan fingerprint density at radius 1 is 1.33 bits per heavy atom. The Morgan fingerprint density at radius 2 is 2.08 bits per heavy atom. The van der Waals surface area contributed by atoms with Gasteiger partial charge in [0.05, 0.1) is 23.5 Å². The summed E-state index contributed by atoms with van der Waals surface area (Å²) in [5.41, 5.74) is 3.05. The van der Waals surface area contributed by atoms with E-state index in [1.165, 1.54) is 30.7 Å². The number of rotatable bonds is 3. The van der Waals surface area contributed by atoms with Gasteiger partial charge in [0.1, 0.15) is 6.54 Å². The zero-order valence-electron chi connectivity index (χ0n) is 13.4. The third-order valence-corrected chi connectivity index (χ3v) is 4.70. The van der Waals surface area contributed by atoms with E-state index in [0.29, 0.717) is 4.80 Å². The highest BCUT2D eigenvalue weighted by Crippen LogP contribution is 2.22. The lowest BCUT2D eigenvalue weighted by Crippen LogP contribution is -2.22. The largest absolute Gasteiger partial charge is 0.468 e. The topological polar surface area (TPSA) is 86.7 Å². The first-order valence-electron chi connectivity index (χ1n) is 7.16. The molecule has 0 atom stereocenters. The first kappa shape index (κ1) is 16.1. The molecule has 0 radical (unpaired) electrons. The molecule has 0 N–H and O–H groups in total. The van der Waals surface area contributed by atoms with Crippen LogP contribution >= 0.6 is 11.3 Å². The Kier molecular flexibility index (Phi) is 4.30. The van der Waals surface area contributed by atoms with Crippen molar-refractivity contribution in [2.75, 3.05) is 7.11 Å². The van der Waals surface area contributed by atoms with Crippen molar-refractivity contribution in [3.63, 3.8) is 0 Å².